The zero-order valence-electron chi connectivity index (χ0n) is 11.8. The number of unbranched alkanes of at least 4 members (excludes halogenated alkanes) is 2. The highest BCUT2D eigenvalue weighted by Crippen LogP contribution is 2.35. The average Bonchev–Trinajstić information content (AvgIpc) is 2.55. The van der Waals surface area contributed by atoms with Crippen LogP contribution in [0, 0.1) is 5.82 Å². The fourth-order valence-corrected chi connectivity index (χ4v) is 2.88. The minimum atomic E-state index is -0.124. The van der Waals surface area contributed by atoms with Crippen molar-refractivity contribution >= 4 is 5.57 Å². The van der Waals surface area contributed by atoms with Crippen LogP contribution in [0.3, 0.4) is 0 Å². The van der Waals surface area contributed by atoms with Crippen molar-refractivity contribution in [3.8, 4) is 0 Å². The van der Waals surface area contributed by atoms with Crippen LogP contribution in [0.5, 0.6) is 0 Å². The second-order valence-electron chi connectivity index (χ2n) is 5.54. The van der Waals surface area contributed by atoms with E-state index in [1.165, 1.54) is 11.1 Å². The van der Waals surface area contributed by atoms with E-state index in [1.54, 1.807) is 12.1 Å². The molecule has 2 rings (SSSR count). The number of hydrogen-bond acceptors (Lipinski definition) is 1. The molecule has 0 amide bonds. The zero-order chi connectivity index (χ0) is 13.7. The van der Waals surface area contributed by atoms with Crippen LogP contribution >= 0.6 is 0 Å². The van der Waals surface area contributed by atoms with Gasteiger partial charge < -0.3 is 5.73 Å². The van der Waals surface area contributed by atoms with Crippen LogP contribution < -0.4 is 5.73 Å². The summed E-state index contributed by atoms with van der Waals surface area (Å²) in [6.45, 7) is 3.00. The van der Waals surface area contributed by atoms with Crippen molar-refractivity contribution in [3.05, 3.63) is 41.2 Å². The van der Waals surface area contributed by atoms with Crippen molar-refractivity contribution in [1.29, 1.82) is 0 Å². The van der Waals surface area contributed by atoms with Gasteiger partial charge in [-0.05, 0) is 73.4 Å². The van der Waals surface area contributed by atoms with E-state index >= 15 is 0 Å². The Balaban J connectivity index is 2.17. The van der Waals surface area contributed by atoms with Gasteiger partial charge in [-0.25, -0.2) is 4.39 Å². The van der Waals surface area contributed by atoms with Crippen LogP contribution in [-0.4, -0.2) is 6.54 Å². The number of nitrogens with two attached hydrogens (primary N) is 1. The molecule has 1 nitrogen and oxygen atoms in total. The minimum absolute atomic E-state index is 0.124. The molecule has 0 radical (unpaired) electrons. The Kier molecular flexibility index (Phi) is 5.15. The molecule has 0 saturated heterocycles. The molecule has 0 aliphatic heterocycles. The number of allylic oxidation sites excluding steroid dienone is 2. The summed E-state index contributed by atoms with van der Waals surface area (Å²) in [5.74, 6) is 0.397. The number of hydrogen-bond donors (Lipinski definition) is 1. The number of benzene rings is 1. The first-order chi connectivity index (χ1) is 9.22. The molecule has 104 valence electrons. The van der Waals surface area contributed by atoms with Crippen LogP contribution in [0.1, 0.15) is 62.5 Å². The van der Waals surface area contributed by atoms with Gasteiger partial charge in [0, 0.05) is 0 Å². The summed E-state index contributed by atoms with van der Waals surface area (Å²) in [5, 5.41) is 0. The maximum Gasteiger partial charge on any atom is 0.123 e. The molecular weight excluding hydrogens is 237 g/mol. The molecule has 1 atom stereocenters. The second-order valence-corrected chi connectivity index (χ2v) is 5.54. The summed E-state index contributed by atoms with van der Waals surface area (Å²) in [5.41, 5.74) is 9.30. The molecule has 0 heterocycles. The zero-order valence-corrected chi connectivity index (χ0v) is 11.8. The topological polar surface area (TPSA) is 26.0 Å². The van der Waals surface area contributed by atoms with Gasteiger partial charge in [0.2, 0.25) is 0 Å². The number of fused-ring (bicyclic) bond motifs is 1. The Morgan fingerprint density at radius 1 is 1.26 bits per heavy atom. The van der Waals surface area contributed by atoms with E-state index in [-0.39, 0.29) is 5.82 Å². The van der Waals surface area contributed by atoms with E-state index in [4.69, 9.17) is 5.73 Å². The highest BCUT2D eigenvalue weighted by Gasteiger charge is 2.17. The van der Waals surface area contributed by atoms with Gasteiger partial charge in [0.15, 0.2) is 0 Å². The molecule has 2 heteroatoms. The Morgan fingerprint density at radius 3 is 2.89 bits per heavy atom. The van der Waals surface area contributed by atoms with Gasteiger partial charge in [-0.15, -0.1) is 0 Å². The lowest BCUT2D eigenvalue weighted by Crippen LogP contribution is -1.99. The van der Waals surface area contributed by atoms with E-state index in [1.807, 2.05) is 6.07 Å². The average molecular weight is 261 g/mol. The molecule has 19 heavy (non-hydrogen) atoms. The molecule has 1 unspecified atom stereocenters. The van der Waals surface area contributed by atoms with Crippen molar-refractivity contribution in [2.75, 3.05) is 6.54 Å². The predicted octanol–water partition coefficient (Wildman–Crippen LogP) is 4.63. The summed E-state index contributed by atoms with van der Waals surface area (Å²) < 4.78 is 13.5. The monoisotopic (exact) mass is 261 g/mol. The molecule has 1 aromatic rings. The summed E-state index contributed by atoms with van der Waals surface area (Å²) in [6, 6.07) is 5.27. The molecule has 1 aliphatic rings. The lowest BCUT2D eigenvalue weighted by atomic mass is 9.90. The van der Waals surface area contributed by atoms with Gasteiger partial charge in [-0.2, -0.15) is 0 Å². The number of halogens is 1. The number of rotatable bonds is 5. The molecule has 0 saturated carbocycles. The van der Waals surface area contributed by atoms with E-state index in [0.29, 0.717) is 5.92 Å². The Bertz CT molecular complexity index is 451. The molecule has 1 aromatic carbocycles. The Hall–Kier alpha value is -1.15. The predicted molar refractivity (Wildman–Crippen MR) is 79.5 cm³/mol. The normalized spacial score (nSPS) is 18.7. The van der Waals surface area contributed by atoms with E-state index in [2.05, 4.69) is 13.0 Å². The van der Waals surface area contributed by atoms with Gasteiger partial charge in [0.1, 0.15) is 5.82 Å². The lowest BCUT2D eigenvalue weighted by Gasteiger charge is -2.15. The maximum atomic E-state index is 13.5. The van der Waals surface area contributed by atoms with E-state index in [9.17, 15) is 4.39 Å². The highest BCUT2D eigenvalue weighted by atomic mass is 19.1. The summed E-state index contributed by atoms with van der Waals surface area (Å²) in [4.78, 5) is 0. The highest BCUT2D eigenvalue weighted by molar-refractivity contribution is 5.69. The fraction of sp³-hybridized carbons (Fsp3) is 0.529. The molecule has 1 aliphatic carbocycles. The van der Waals surface area contributed by atoms with Crippen LogP contribution in [0.2, 0.25) is 0 Å². The lowest BCUT2D eigenvalue weighted by molar-refractivity contribution is 0.623. The first kappa shape index (κ1) is 14.3. The third-order valence-electron chi connectivity index (χ3n) is 4.03. The van der Waals surface area contributed by atoms with Crippen molar-refractivity contribution in [1.82, 2.24) is 0 Å². The molecular formula is C17H24FN. The third kappa shape index (κ3) is 3.66. The van der Waals surface area contributed by atoms with Gasteiger partial charge in [-0.1, -0.05) is 25.5 Å². The molecule has 0 fully saturated rings. The van der Waals surface area contributed by atoms with Crippen LogP contribution in [0.15, 0.2) is 24.3 Å². The van der Waals surface area contributed by atoms with E-state index in [0.717, 1.165) is 50.6 Å². The molecule has 0 bridgehead atoms. The smallest absolute Gasteiger partial charge is 0.123 e. The first-order valence-corrected chi connectivity index (χ1v) is 7.41. The van der Waals surface area contributed by atoms with Crippen LogP contribution in [0.25, 0.3) is 5.57 Å². The van der Waals surface area contributed by atoms with Crippen molar-refractivity contribution in [2.24, 2.45) is 5.73 Å². The van der Waals surface area contributed by atoms with Crippen molar-refractivity contribution in [2.45, 2.75) is 51.4 Å². The third-order valence-corrected chi connectivity index (χ3v) is 4.03. The summed E-state index contributed by atoms with van der Waals surface area (Å²) >= 11 is 0. The largest absolute Gasteiger partial charge is 0.330 e. The minimum Gasteiger partial charge on any atom is -0.330 e. The van der Waals surface area contributed by atoms with Gasteiger partial charge in [0.05, 0.1) is 0 Å². The standard InChI is InChI=1S/C17H24FN/c1-13-6-5-8-14(7-3-2-4-11-19)17-12-15(18)9-10-16(13)17/h8-10,12-13H,2-7,11,19H2,1H3. The Morgan fingerprint density at radius 2 is 2.11 bits per heavy atom. The van der Waals surface area contributed by atoms with E-state index < -0.39 is 0 Å². The van der Waals surface area contributed by atoms with Crippen molar-refractivity contribution < 1.29 is 4.39 Å². The quantitative estimate of drug-likeness (QED) is 0.769. The van der Waals surface area contributed by atoms with Crippen molar-refractivity contribution in [3.63, 3.8) is 0 Å². The fourth-order valence-electron chi connectivity index (χ4n) is 2.88. The summed E-state index contributed by atoms with van der Waals surface area (Å²) in [7, 11) is 0. The Labute approximate surface area is 115 Å². The van der Waals surface area contributed by atoms with Gasteiger partial charge in [0.25, 0.3) is 0 Å². The van der Waals surface area contributed by atoms with Crippen LogP contribution in [0.4, 0.5) is 4.39 Å². The van der Waals surface area contributed by atoms with Crippen LogP contribution in [-0.2, 0) is 0 Å². The molecule has 0 spiro atoms. The summed E-state index contributed by atoms with van der Waals surface area (Å²) in [6.07, 6.45) is 9.00. The van der Waals surface area contributed by atoms with Gasteiger partial charge in [-0.3, -0.25) is 0 Å². The second kappa shape index (κ2) is 6.85. The molecule has 2 N–H and O–H groups in total. The first-order valence-electron chi connectivity index (χ1n) is 7.41. The SMILES string of the molecule is CC1CCC=C(CCCCCN)c2cc(F)ccc21. The maximum absolute atomic E-state index is 13.5. The molecule has 0 aromatic heterocycles. The van der Waals surface area contributed by atoms with Gasteiger partial charge >= 0.3 is 0 Å².